The zero-order valence-electron chi connectivity index (χ0n) is 14.7. The number of ether oxygens (including phenoxy) is 1. The van der Waals surface area contributed by atoms with Gasteiger partial charge in [0.15, 0.2) is 29.3 Å². The molecule has 4 N–H and O–H groups in total. The smallest absolute Gasteiger partial charge is 0.251 e. The zero-order valence-corrected chi connectivity index (χ0v) is 16.8. The third kappa shape index (κ3) is 3.30. The lowest BCUT2D eigenvalue weighted by atomic mass is 10.1. The van der Waals surface area contributed by atoms with Gasteiger partial charge in [0.1, 0.15) is 18.5 Å². The number of rotatable bonds is 4. The van der Waals surface area contributed by atoms with Crippen LogP contribution in [-0.2, 0) is 9.53 Å². The first kappa shape index (κ1) is 19.0. The summed E-state index contributed by atoms with van der Waals surface area (Å²) in [6.07, 6.45) is -2.08. The zero-order chi connectivity index (χ0) is 19.8. The fraction of sp³-hybridized carbons (Fsp3) is 0.294. The first-order valence-corrected chi connectivity index (χ1v) is 9.51. The van der Waals surface area contributed by atoms with Gasteiger partial charge in [0.25, 0.3) is 5.91 Å². The number of imidazole rings is 1. The maximum absolute atomic E-state index is 11.9. The molecule has 1 aliphatic rings. The minimum absolute atomic E-state index is 0.400. The number of nitrogens with zero attached hydrogens (tertiary/aromatic N) is 4. The van der Waals surface area contributed by atoms with E-state index in [0.717, 1.165) is 9.26 Å². The maximum atomic E-state index is 11.9. The fourth-order valence-electron chi connectivity index (χ4n) is 3.08. The Morgan fingerprint density at radius 2 is 2.07 bits per heavy atom. The highest BCUT2D eigenvalue weighted by molar-refractivity contribution is 14.1. The molecule has 0 aliphatic carbocycles. The summed E-state index contributed by atoms with van der Waals surface area (Å²) in [5.74, 6) is -0.0317. The number of benzene rings is 1. The van der Waals surface area contributed by atoms with Crippen molar-refractivity contribution < 1.29 is 19.7 Å². The monoisotopic (exact) mass is 496 g/mol. The van der Waals surface area contributed by atoms with E-state index in [1.165, 1.54) is 24.3 Å². The van der Waals surface area contributed by atoms with Gasteiger partial charge in [0.2, 0.25) is 0 Å². The van der Waals surface area contributed by atoms with Crippen molar-refractivity contribution >= 4 is 51.2 Å². The van der Waals surface area contributed by atoms with E-state index < -0.39 is 30.4 Å². The molecule has 1 fully saturated rings. The molecule has 146 valence electrons. The molecule has 1 amide bonds. The summed E-state index contributed by atoms with van der Waals surface area (Å²) in [6.45, 7) is 0. The molecule has 1 aliphatic heterocycles. The number of amides is 1. The minimum atomic E-state index is -1.37. The molecule has 3 aromatic rings. The number of hydrogen-bond donors (Lipinski definition) is 4. The fourth-order valence-corrected chi connectivity index (χ4v) is 3.62. The first-order chi connectivity index (χ1) is 13.5. The Labute approximate surface area is 173 Å². The van der Waals surface area contributed by atoms with E-state index in [0.29, 0.717) is 17.0 Å². The highest BCUT2D eigenvalue weighted by atomic mass is 127. The molecule has 1 aromatic carbocycles. The topological polar surface area (TPSA) is 134 Å². The molecule has 2 aromatic heterocycles. The molecule has 1 saturated heterocycles. The summed E-state index contributed by atoms with van der Waals surface area (Å²) in [5.41, 5.74) is 1.71. The van der Waals surface area contributed by atoms with Crippen LogP contribution in [0.15, 0.2) is 36.9 Å². The Morgan fingerprint density at radius 3 is 2.82 bits per heavy atom. The van der Waals surface area contributed by atoms with Crippen LogP contribution in [-0.4, -0.2) is 61.0 Å². The number of hydrogen-bond acceptors (Lipinski definition) is 8. The van der Waals surface area contributed by atoms with E-state index in [9.17, 15) is 15.0 Å². The van der Waals surface area contributed by atoms with E-state index in [1.807, 2.05) is 24.3 Å². The summed E-state index contributed by atoms with van der Waals surface area (Å²) < 4.78 is 8.14. The van der Waals surface area contributed by atoms with Crippen LogP contribution >= 0.6 is 22.6 Å². The second-order valence-electron chi connectivity index (χ2n) is 6.22. The van der Waals surface area contributed by atoms with Gasteiger partial charge in [0, 0.05) is 16.3 Å². The van der Waals surface area contributed by atoms with Crippen LogP contribution in [0.2, 0.25) is 0 Å². The van der Waals surface area contributed by atoms with Gasteiger partial charge in [-0.25, -0.2) is 15.0 Å². The molecule has 10 nitrogen and oxygen atoms in total. The van der Waals surface area contributed by atoms with Gasteiger partial charge >= 0.3 is 0 Å². The Bertz CT molecular complexity index is 1030. The quantitative estimate of drug-likeness (QED) is 0.385. The predicted molar refractivity (Wildman–Crippen MR) is 108 cm³/mol. The highest BCUT2D eigenvalue weighted by Crippen LogP contribution is 2.32. The van der Waals surface area contributed by atoms with Crippen molar-refractivity contribution in [2.24, 2.45) is 0 Å². The summed E-state index contributed by atoms with van der Waals surface area (Å²) in [7, 11) is 1.43. The lowest BCUT2D eigenvalue weighted by Crippen LogP contribution is -2.41. The van der Waals surface area contributed by atoms with Gasteiger partial charge in [-0.05, 0) is 40.8 Å². The SMILES string of the molecule is CNC(=O)[C@H]1O[C@@H](n2cnc3c(Nc4cccc(I)c4)ncnc32)[C@H](O)[C@@H]1O. The van der Waals surface area contributed by atoms with E-state index in [1.54, 1.807) is 0 Å². The average Bonchev–Trinajstić information content (AvgIpc) is 3.24. The molecule has 0 radical (unpaired) electrons. The van der Waals surface area contributed by atoms with Crippen LogP contribution in [0.1, 0.15) is 6.23 Å². The van der Waals surface area contributed by atoms with Crippen molar-refractivity contribution in [1.82, 2.24) is 24.8 Å². The van der Waals surface area contributed by atoms with Crippen molar-refractivity contribution in [2.75, 3.05) is 12.4 Å². The van der Waals surface area contributed by atoms with Crippen molar-refractivity contribution in [3.05, 3.63) is 40.5 Å². The Balaban J connectivity index is 1.68. The number of aliphatic hydroxyl groups is 2. The molecule has 4 rings (SSSR count). The third-order valence-corrected chi connectivity index (χ3v) is 5.13. The number of anilines is 2. The van der Waals surface area contributed by atoms with E-state index >= 15 is 0 Å². The number of carbonyl (C=O) groups is 1. The van der Waals surface area contributed by atoms with Crippen molar-refractivity contribution in [3.8, 4) is 0 Å². The highest BCUT2D eigenvalue weighted by Gasteiger charge is 2.47. The van der Waals surface area contributed by atoms with Gasteiger partial charge in [-0.3, -0.25) is 9.36 Å². The molecule has 3 heterocycles. The van der Waals surface area contributed by atoms with Crippen LogP contribution in [0, 0.1) is 3.57 Å². The van der Waals surface area contributed by atoms with Gasteiger partial charge in [-0.1, -0.05) is 6.07 Å². The average molecular weight is 496 g/mol. The summed E-state index contributed by atoms with van der Waals surface area (Å²) in [4.78, 5) is 24.7. The second-order valence-corrected chi connectivity index (χ2v) is 7.47. The number of aliphatic hydroxyl groups excluding tert-OH is 2. The third-order valence-electron chi connectivity index (χ3n) is 4.46. The molecule has 4 atom stereocenters. The largest absolute Gasteiger partial charge is 0.387 e. The van der Waals surface area contributed by atoms with E-state index in [4.69, 9.17) is 4.74 Å². The predicted octanol–water partition coefficient (Wildman–Crippen LogP) is 0.540. The number of likely N-dealkylation sites (N-methyl/N-ethyl adjacent to an activating group) is 1. The Morgan fingerprint density at radius 1 is 1.25 bits per heavy atom. The number of nitrogens with one attached hydrogen (secondary N) is 2. The standard InChI is InChI=1S/C17H17IN6O4/c1-19-16(27)13-11(25)12(26)17(28-13)24-7-22-10-14(20-6-21-15(10)24)23-9-4-2-3-8(18)5-9/h2-7,11-13,17,25-26H,1H3,(H,19,27)(H,20,21,23)/t11-,12+,13-,17+/m0/s1. The number of fused-ring (bicyclic) bond motifs is 1. The first-order valence-electron chi connectivity index (χ1n) is 8.43. The van der Waals surface area contributed by atoms with Crippen molar-refractivity contribution in [2.45, 2.75) is 24.5 Å². The van der Waals surface area contributed by atoms with Crippen molar-refractivity contribution in [3.63, 3.8) is 0 Å². The number of carbonyl (C=O) groups excluding carboxylic acids is 1. The molecule has 28 heavy (non-hydrogen) atoms. The lowest BCUT2D eigenvalue weighted by molar-refractivity contribution is -0.137. The van der Waals surface area contributed by atoms with Gasteiger partial charge in [0.05, 0.1) is 6.33 Å². The van der Waals surface area contributed by atoms with Crippen LogP contribution in [0.25, 0.3) is 11.2 Å². The van der Waals surface area contributed by atoms with Crippen molar-refractivity contribution in [1.29, 1.82) is 0 Å². The molecule has 0 spiro atoms. The summed E-state index contributed by atoms with van der Waals surface area (Å²) >= 11 is 2.22. The Hall–Kier alpha value is -2.35. The summed E-state index contributed by atoms with van der Waals surface area (Å²) in [6, 6.07) is 7.76. The molecular weight excluding hydrogens is 479 g/mol. The number of halogens is 1. The Kier molecular flexibility index (Phi) is 5.14. The lowest BCUT2D eigenvalue weighted by Gasteiger charge is -2.16. The minimum Gasteiger partial charge on any atom is -0.387 e. The molecule has 0 saturated carbocycles. The van der Waals surface area contributed by atoms with Crippen LogP contribution in [0.3, 0.4) is 0 Å². The normalized spacial score (nSPS) is 24.4. The van der Waals surface area contributed by atoms with Gasteiger partial charge in [-0.15, -0.1) is 0 Å². The van der Waals surface area contributed by atoms with E-state index in [-0.39, 0.29) is 0 Å². The maximum Gasteiger partial charge on any atom is 0.251 e. The van der Waals surface area contributed by atoms with Crippen LogP contribution in [0.5, 0.6) is 0 Å². The molecular formula is C17H17IN6O4. The molecule has 0 bridgehead atoms. The summed E-state index contributed by atoms with van der Waals surface area (Å²) in [5, 5.41) is 26.1. The second kappa shape index (κ2) is 7.58. The molecule has 0 unspecified atom stereocenters. The van der Waals surface area contributed by atoms with Crippen LogP contribution < -0.4 is 10.6 Å². The van der Waals surface area contributed by atoms with Crippen LogP contribution in [0.4, 0.5) is 11.5 Å². The van der Waals surface area contributed by atoms with Gasteiger partial charge in [-0.2, -0.15) is 0 Å². The number of aromatic nitrogens is 4. The van der Waals surface area contributed by atoms with Gasteiger partial charge < -0.3 is 25.6 Å². The van der Waals surface area contributed by atoms with E-state index in [2.05, 4.69) is 48.2 Å². The molecule has 11 heteroatoms.